The maximum Gasteiger partial charge on any atom is 0.221 e. The van der Waals surface area contributed by atoms with Crippen LogP contribution in [0.5, 0.6) is 0 Å². The van der Waals surface area contributed by atoms with Gasteiger partial charge in [-0.25, -0.2) is 0 Å². The number of hydrogen-bond acceptors (Lipinski definition) is 2. The van der Waals surface area contributed by atoms with Crippen molar-refractivity contribution in [1.29, 1.82) is 0 Å². The van der Waals surface area contributed by atoms with Crippen LogP contribution >= 0.6 is 11.6 Å². The van der Waals surface area contributed by atoms with E-state index in [4.69, 9.17) is 11.6 Å². The Kier molecular flexibility index (Phi) is 6.81. The first-order valence-corrected chi connectivity index (χ1v) is 6.84. The fourth-order valence-corrected chi connectivity index (χ4v) is 2.35. The Morgan fingerprint density at radius 2 is 2.31 bits per heavy atom. The topological polar surface area (TPSA) is 32.3 Å². The minimum Gasteiger partial charge on any atom is -0.356 e. The molecule has 0 aromatic carbocycles. The van der Waals surface area contributed by atoms with Crippen molar-refractivity contribution in [2.45, 2.75) is 45.1 Å². The van der Waals surface area contributed by atoms with Gasteiger partial charge in [0.1, 0.15) is 0 Å². The maximum atomic E-state index is 11.1. The molecular weight excluding hydrogens is 224 g/mol. The summed E-state index contributed by atoms with van der Waals surface area (Å²) in [4.78, 5) is 13.7. The third-order valence-corrected chi connectivity index (χ3v) is 3.40. The van der Waals surface area contributed by atoms with Crippen molar-refractivity contribution < 1.29 is 4.79 Å². The Balaban J connectivity index is 2.03. The average Bonchev–Trinajstić information content (AvgIpc) is 2.27. The van der Waals surface area contributed by atoms with E-state index >= 15 is 0 Å². The highest BCUT2D eigenvalue weighted by atomic mass is 35.5. The molecule has 0 saturated carbocycles. The second-order valence-corrected chi connectivity index (χ2v) is 4.90. The van der Waals surface area contributed by atoms with Crippen LogP contribution in [0.25, 0.3) is 0 Å². The van der Waals surface area contributed by atoms with Crippen molar-refractivity contribution in [2.24, 2.45) is 0 Å². The molecule has 4 heteroatoms. The average molecular weight is 247 g/mol. The normalized spacial score (nSPS) is 22.0. The first kappa shape index (κ1) is 13.8. The van der Waals surface area contributed by atoms with Gasteiger partial charge in [0.05, 0.1) is 0 Å². The molecule has 1 rings (SSSR count). The van der Waals surface area contributed by atoms with Crippen molar-refractivity contribution in [2.75, 3.05) is 25.5 Å². The fraction of sp³-hybridized carbons (Fsp3) is 0.917. The molecule has 0 aromatic rings. The Bertz CT molecular complexity index is 211. The number of halogens is 1. The molecule has 1 N–H and O–H groups in total. The number of hydrogen-bond donors (Lipinski definition) is 1. The first-order valence-electron chi connectivity index (χ1n) is 6.30. The molecule has 1 amide bonds. The molecule has 0 aliphatic carbocycles. The van der Waals surface area contributed by atoms with E-state index < -0.39 is 0 Å². The summed E-state index contributed by atoms with van der Waals surface area (Å²) in [7, 11) is 0. The van der Waals surface area contributed by atoms with E-state index in [0.29, 0.717) is 18.3 Å². The smallest absolute Gasteiger partial charge is 0.221 e. The van der Waals surface area contributed by atoms with E-state index in [1.54, 1.807) is 0 Å². The minimum atomic E-state index is 0.0710. The number of likely N-dealkylation sites (tertiary alicyclic amines) is 1. The third kappa shape index (κ3) is 5.17. The van der Waals surface area contributed by atoms with Crippen molar-refractivity contribution in [3.05, 3.63) is 0 Å². The van der Waals surface area contributed by atoms with Crippen LogP contribution < -0.4 is 5.32 Å². The van der Waals surface area contributed by atoms with Crippen molar-refractivity contribution >= 4 is 17.5 Å². The monoisotopic (exact) mass is 246 g/mol. The summed E-state index contributed by atoms with van der Waals surface area (Å²) in [6.45, 7) is 5.39. The van der Waals surface area contributed by atoms with Gasteiger partial charge < -0.3 is 10.2 Å². The summed E-state index contributed by atoms with van der Waals surface area (Å²) in [5, 5.41) is 2.89. The van der Waals surface area contributed by atoms with E-state index in [9.17, 15) is 4.79 Å². The zero-order valence-electron chi connectivity index (χ0n) is 10.2. The van der Waals surface area contributed by atoms with Crippen LogP contribution in [-0.2, 0) is 4.79 Å². The number of nitrogens with zero attached hydrogens (tertiary/aromatic N) is 1. The quantitative estimate of drug-likeness (QED) is 0.574. The van der Waals surface area contributed by atoms with Gasteiger partial charge in [-0.05, 0) is 32.7 Å². The van der Waals surface area contributed by atoms with Crippen molar-refractivity contribution in [3.63, 3.8) is 0 Å². The summed E-state index contributed by atoms with van der Waals surface area (Å²) < 4.78 is 0. The van der Waals surface area contributed by atoms with Crippen LogP contribution in [0.15, 0.2) is 0 Å². The first-order chi connectivity index (χ1) is 7.74. The number of amides is 1. The number of nitrogens with one attached hydrogen (secondary N) is 1. The van der Waals surface area contributed by atoms with Crippen LogP contribution in [0, 0.1) is 0 Å². The van der Waals surface area contributed by atoms with Gasteiger partial charge in [-0.1, -0.05) is 6.42 Å². The lowest BCUT2D eigenvalue weighted by Gasteiger charge is -2.33. The summed E-state index contributed by atoms with van der Waals surface area (Å²) in [5.41, 5.74) is 0. The molecule has 1 fully saturated rings. The van der Waals surface area contributed by atoms with Crippen LogP contribution in [-0.4, -0.2) is 42.4 Å². The lowest BCUT2D eigenvalue weighted by atomic mass is 10.0. The molecule has 1 aliphatic heterocycles. The molecule has 1 aliphatic rings. The summed E-state index contributed by atoms with van der Waals surface area (Å²) in [6, 6.07) is 0.715. The van der Waals surface area contributed by atoms with Gasteiger partial charge in [0.25, 0.3) is 0 Å². The van der Waals surface area contributed by atoms with E-state index in [-0.39, 0.29) is 5.91 Å². The number of carbonyl (C=O) groups is 1. The van der Waals surface area contributed by atoms with Gasteiger partial charge in [-0.2, -0.15) is 0 Å². The Hall–Kier alpha value is -0.280. The number of rotatable bonds is 6. The number of piperidine rings is 1. The number of alkyl halides is 1. The molecule has 3 nitrogen and oxygen atoms in total. The highest BCUT2D eigenvalue weighted by Crippen LogP contribution is 2.15. The molecule has 1 atom stereocenters. The molecule has 1 heterocycles. The second kappa shape index (κ2) is 7.91. The van der Waals surface area contributed by atoms with Gasteiger partial charge in [-0.15, -0.1) is 11.6 Å². The van der Waals surface area contributed by atoms with Gasteiger partial charge in [0.2, 0.25) is 5.91 Å². The van der Waals surface area contributed by atoms with Crippen LogP contribution in [0.2, 0.25) is 0 Å². The van der Waals surface area contributed by atoms with Crippen LogP contribution in [0.1, 0.15) is 39.0 Å². The standard InChI is InChI=1S/C12H23ClN2O/c1-11-5-2-3-9-15(11)10-4-8-14-12(16)6-7-13/h11H,2-10H2,1H3,(H,14,16). The summed E-state index contributed by atoms with van der Waals surface area (Å²) >= 11 is 5.48. The molecule has 16 heavy (non-hydrogen) atoms. The van der Waals surface area contributed by atoms with E-state index in [1.807, 2.05) is 0 Å². The van der Waals surface area contributed by atoms with Crippen molar-refractivity contribution in [3.8, 4) is 0 Å². The summed E-state index contributed by atoms with van der Waals surface area (Å²) in [5.74, 6) is 0.483. The molecular formula is C12H23ClN2O. The molecule has 0 aromatic heterocycles. The number of carbonyl (C=O) groups excluding carboxylic acids is 1. The van der Waals surface area contributed by atoms with E-state index in [0.717, 1.165) is 19.5 Å². The Labute approximate surface area is 104 Å². The fourth-order valence-electron chi connectivity index (χ4n) is 2.17. The highest BCUT2D eigenvalue weighted by Gasteiger charge is 2.16. The molecule has 94 valence electrons. The predicted octanol–water partition coefficient (Wildman–Crippen LogP) is 2.00. The van der Waals surface area contributed by atoms with Crippen LogP contribution in [0.3, 0.4) is 0 Å². The molecule has 1 saturated heterocycles. The highest BCUT2D eigenvalue weighted by molar-refractivity contribution is 6.18. The lowest BCUT2D eigenvalue weighted by Crippen LogP contribution is -2.39. The van der Waals surface area contributed by atoms with Gasteiger partial charge in [-0.3, -0.25) is 4.79 Å². The van der Waals surface area contributed by atoms with Crippen molar-refractivity contribution in [1.82, 2.24) is 10.2 Å². The molecule has 1 unspecified atom stereocenters. The molecule has 0 radical (unpaired) electrons. The zero-order valence-corrected chi connectivity index (χ0v) is 10.9. The molecule has 0 bridgehead atoms. The van der Waals surface area contributed by atoms with Crippen LogP contribution in [0.4, 0.5) is 0 Å². The van der Waals surface area contributed by atoms with Gasteiger partial charge >= 0.3 is 0 Å². The largest absolute Gasteiger partial charge is 0.356 e. The zero-order chi connectivity index (χ0) is 11.8. The van der Waals surface area contributed by atoms with Gasteiger partial charge in [0, 0.05) is 31.4 Å². The minimum absolute atomic E-state index is 0.0710. The van der Waals surface area contributed by atoms with Gasteiger partial charge in [0.15, 0.2) is 0 Å². The Morgan fingerprint density at radius 3 is 3.00 bits per heavy atom. The van der Waals surface area contributed by atoms with E-state index in [2.05, 4.69) is 17.1 Å². The predicted molar refractivity (Wildman–Crippen MR) is 67.8 cm³/mol. The Morgan fingerprint density at radius 1 is 1.50 bits per heavy atom. The second-order valence-electron chi connectivity index (χ2n) is 4.52. The SMILES string of the molecule is CC1CCCCN1CCCNC(=O)CCCl. The summed E-state index contributed by atoms with van der Waals surface area (Å²) in [6.07, 6.45) is 5.48. The molecule has 0 spiro atoms. The van der Waals surface area contributed by atoms with E-state index in [1.165, 1.54) is 25.8 Å². The maximum absolute atomic E-state index is 11.1. The third-order valence-electron chi connectivity index (χ3n) is 3.21. The lowest BCUT2D eigenvalue weighted by molar-refractivity contribution is -0.120.